The fraction of sp³-hybridized carbons (Fsp3) is 0.391. The van der Waals surface area contributed by atoms with Gasteiger partial charge in [-0.3, -0.25) is 4.79 Å². The molecule has 3 aromatic rings. The van der Waals surface area contributed by atoms with E-state index in [9.17, 15) is 4.79 Å². The number of benzene rings is 1. The van der Waals surface area contributed by atoms with Crippen molar-refractivity contribution in [3.8, 4) is 22.8 Å². The lowest BCUT2D eigenvalue weighted by Crippen LogP contribution is -2.33. The first-order chi connectivity index (χ1) is 15.5. The zero-order valence-corrected chi connectivity index (χ0v) is 18.1. The first-order valence-corrected chi connectivity index (χ1v) is 11.0. The quantitative estimate of drug-likeness (QED) is 0.463. The minimum Gasteiger partial charge on any atom is -0.382 e. The lowest BCUT2D eigenvalue weighted by Gasteiger charge is -2.15. The number of H-pyrrole nitrogens is 1. The molecule has 3 heterocycles. The first kappa shape index (κ1) is 20.6. The van der Waals surface area contributed by atoms with Gasteiger partial charge in [-0.2, -0.15) is 0 Å². The third kappa shape index (κ3) is 3.96. The van der Waals surface area contributed by atoms with Gasteiger partial charge in [0.15, 0.2) is 11.6 Å². The Kier molecular flexibility index (Phi) is 5.36. The number of likely N-dealkylation sites (tertiary alicyclic amines) is 1. The highest BCUT2D eigenvalue weighted by molar-refractivity contribution is 5.83. The van der Waals surface area contributed by atoms with Gasteiger partial charge in [0.25, 0.3) is 0 Å². The Balaban J connectivity index is 1.33. The molecule has 1 saturated heterocycles. The van der Waals surface area contributed by atoms with Crippen LogP contribution in [-0.4, -0.2) is 56.9 Å². The van der Waals surface area contributed by atoms with Gasteiger partial charge in [0, 0.05) is 37.5 Å². The summed E-state index contributed by atoms with van der Waals surface area (Å²) in [6, 6.07) is 8.36. The second-order valence-corrected chi connectivity index (χ2v) is 8.68. The van der Waals surface area contributed by atoms with E-state index in [0.29, 0.717) is 23.9 Å². The standard InChI is InChI=1S/C23H28N8O/c1-26-9-13-2-4-14(5-3-13)18-10-28-22(30-18)20-21(25)27-11-19(29-20)16-8-17(16)23(32)31-7-6-15(24)12-31/h2-5,10-11,15-17,26H,6-9,12,24H2,1H3,(H2,25,27)(H,28,30)/t15-,16?,17?/m1/s1. The van der Waals surface area contributed by atoms with Crippen molar-refractivity contribution >= 4 is 11.7 Å². The van der Waals surface area contributed by atoms with Crippen molar-refractivity contribution in [1.29, 1.82) is 0 Å². The molecule has 2 unspecified atom stereocenters. The maximum Gasteiger partial charge on any atom is 0.226 e. The molecule has 0 bridgehead atoms. The molecule has 1 aromatic carbocycles. The van der Waals surface area contributed by atoms with Gasteiger partial charge in [-0.05, 0) is 31.0 Å². The first-order valence-electron chi connectivity index (χ1n) is 11.0. The van der Waals surface area contributed by atoms with Gasteiger partial charge in [-0.1, -0.05) is 24.3 Å². The lowest BCUT2D eigenvalue weighted by molar-refractivity contribution is -0.131. The van der Waals surface area contributed by atoms with Crippen molar-refractivity contribution in [1.82, 2.24) is 30.2 Å². The van der Waals surface area contributed by atoms with E-state index in [2.05, 4.69) is 44.5 Å². The summed E-state index contributed by atoms with van der Waals surface area (Å²) in [6.07, 6.45) is 5.10. The average molecular weight is 433 g/mol. The predicted octanol–water partition coefficient (Wildman–Crippen LogP) is 1.50. The number of imidazole rings is 1. The van der Waals surface area contributed by atoms with Crippen LogP contribution in [0.15, 0.2) is 36.7 Å². The fourth-order valence-electron chi connectivity index (χ4n) is 4.38. The number of nitrogen functional groups attached to an aromatic ring is 1. The van der Waals surface area contributed by atoms with E-state index in [1.807, 2.05) is 11.9 Å². The number of aromatic amines is 1. The molecule has 6 N–H and O–H groups in total. The highest BCUT2D eigenvalue weighted by Crippen LogP contribution is 2.48. The number of carbonyl (C=O) groups excluding carboxylic acids is 1. The highest BCUT2D eigenvalue weighted by atomic mass is 16.2. The molecular formula is C23H28N8O. The van der Waals surface area contributed by atoms with E-state index in [-0.39, 0.29) is 23.8 Å². The van der Waals surface area contributed by atoms with Crippen LogP contribution in [0.3, 0.4) is 0 Å². The molecule has 2 aliphatic rings. The number of aromatic nitrogens is 4. The Morgan fingerprint density at radius 2 is 2.06 bits per heavy atom. The van der Waals surface area contributed by atoms with Crippen LogP contribution in [0.5, 0.6) is 0 Å². The monoisotopic (exact) mass is 432 g/mol. The lowest BCUT2D eigenvalue weighted by atomic mass is 10.1. The number of amides is 1. The number of nitrogens with two attached hydrogens (primary N) is 2. The third-order valence-corrected chi connectivity index (χ3v) is 6.29. The minimum atomic E-state index is -0.0469. The van der Waals surface area contributed by atoms with Crippen molar-refractivity contribution in [2.75, 3.05) is 25.9 Å². The SMILES string of the molecule is CNCc1ccc(-c2cnc(-c3nc(C4CC4C(=O)N4CC[C@@H](N)C4)cnc3N)[nH]2)cc1. The van der Waals surface area contributed by atoms with E-state index < -0.39 is 0 Å². The molecule has 0 radical (unpaired) electrons. The van der Waals surface area contributed by atoms with Crippen molar-refractivity contribution in [3.63, 3.8) is 0 Å². The van der Waals surface area contributed by atoms with Gasteiger partial charge in [0.1, 0.15) is 5.69 Å². The van der Waals surface area contributed by atoms with Gasteiger partial charge >= 0.3 is 0 Å². The summed E-state index contributed by atoms with van der Waals surface area (Å²) in [5, 5.41) is 3.14. The van der Waals surface area contributed by atoms with Crippen LogP contribution < -0.4 is 16.8 Å². The van der Waals surface area contributed by atoms with Crippen molar-refractivity contribution in [2.45, 2.75) is 31.3 Å². The molecule has 1 saturated carbocycles. The number of nitrogens with zero attached hydrogens (tertiary/aromatic N) is 4. The van der Waals surface area contributed by atoms with Gasteiger partial charge in [0.05, 0.1) is 23.8 Å². The maximum atomic E-state index is 12.8. The summed E-state index contributed by atoms with van der Waals surface area (Å²) in [7, 11) is 1.93. The smallest absolute Gasteiger partial charge is 0.226 e. The molecule has 1 amide bonds. The molecule has 3 atom stereocenters. The molecule has 166 valence electrons. The molecule has 9 heteroatoms. The van der Waals surface area contributed by atoms with Crippen LogP contribution in [0.4, 0.5) is 5.82 Å². The summed E-state index contributed by atoms with van der Waals surface area (Å²) >= 11 is 0. The van der Waals surface area contributed by atoms with Crippen molar-refractivity contribution in [2.24, 2.45) is 11.7 Å². The van der Waals surface area contributed by atoms with E-state index in [4.69, 9.17) is 16.5 Å². The van der Waals surface area contributed by atoms with Crippen molar-refractivity contribution in [3.05, 3.63) is 47.9 Å². The number of hydrogen-bond acceptors (Lipinski definition) is 7. The zero-order valence-electron chi connectivity index (χ0n) is 18.1. The summed E-state index contributed by atoms with van der Waals surface area (Å²) in [5.41, 5.74) is 16.5. The van der Waals surface area contributed by atoms with Crippen LogP contribution in [0.1, 0.15) is 30.0 Å². The molecular weight excluding hydrogens is 404 g/mol. The highest BCUT2D eigenvalue weighted by Gasteiger charge is 2.47. The van der Waals surface area contributed by atoms with Crippen molar-refractivity contribution < 1.29 is 4.79 Å². The summed E-state index contributed by atoms with van der Waals surface area (Å²) in [5.74, 6) is 1.08. The largest absolute Gasteiger partial charge is 0.382 e. The Hall–Kier alpha value is -3.30. The van der Waals surface area contributed by atoms with E-state index >= 15 is 0 Å². The average Bonchev–Trinajstić information content (AvgIpc) is 3.22. The number of carbonyl (C=O) groups is 1. The molecule has 5 rings (SSSR count). The van der Waals surface area contributed by atoms with Crippen LogP contribution in [-0.2, 0) is 11.3 Å². The fourth-order valence-corrected chi connectivity index (χ4v) is 4.38. The molecule has 1 aliphatic heterocycles. The molecule has 9 nitrogen and oxygen atoms in total. The summed E-state index contributed by atoms with van der Waals surface area (Å²) in [6.45, 7) is 2.21. The zero-order chi connectivity index (χ0) is 22.2. The third-order valence-electron chi connectivity index (χ3n) is 6.29. The minimum absolute atomic E-state index is 0.0469. The Morgan fingerprint density at radius 1 is 1.25 bits per heavy atom. The van der Waals surface area contributed by atoms with Crippen LogP contribution in [0.25, 0.3) is 22.8 Å². The molecule has 1 aliphatic carbocycles. The molecule has 2 aromatic heterocycles. The van der Waals surface area contributed by atoms with Gasteiger partial charge in [-0.15, -0.1) is 0 Å². The molecule has 0 spiro atoms. The molecule has 32 heavy (non-hydrogen) atoms. The maximum absolute atomic E-state index is 12.8. The Morgan fingerprint density at radius 3 is 2.78 bits per heavy atom. The van der Waals surface area contributed by atoms with Crippen LogP contribution >= 0.6 is 0 Å². The topological polar surface area (TPSA) is 139 Å². The Labute approximate surface area is 186 Å². The summed E-state index contributed by atoms with van der Waals surface area (Å²) < 4.78 is 0. The van der Waals surface area contributed by atoms with E-state index in [1.54, 1.807) is 12.4 Å². The second-order valence-electron chi connectivity index (χ2n) is 8.68. The van der Waals surface area contributed by atoms with E-state index in [0.717, 1.165) is 42.9 Å². The number of rotatable bonds is 6. The van der Waals surface area contributed by atoms with Crippen LogP contribution in [0.2, 0.25) is 0 Å². The summed E-state index contributed by atoms with van der Waals surface area (Å²) in [4.78, 5) is 31.5. The number of nitrogens with one attached hydrogen (secondary N) is 2. The van der Waals surface area contributed by atoms with E-state index in [1.165, 1.54) is 5.56 Å². The van der Waals surface area contributed by atoms with Gasteiger partial charge in [-0.25, -0.2) is 15.0 Å². The van der Waals surface area contributed by atoms with Crippen LogP contribution in [0, 0.1) is 5.92 Å². The molecule has 2 fully saturated rings. The number of hydrogen-bond donors (Lipinski definition) is 4. The van der Waals surface area contributed by atoms with Gasteiger partial charge in [0.2, 0.25) is 5.91 Å². The predicted molar refractivity (Wildman–Crippen MR) is 122 cm³/mol. The normalized spacial score (nSPS) is 22.3. The van der Waals surface area contributed by atoms with Gasteiger partial charge < -0.3 is 26.7 Å². The Bertz CT molecular complexity index is 1130. The number of anilines is 1. The second kappa shape index (κ2) is 8.33.